The lowest BCUT2D eigenvalue weighted by atomic mass is 9.96. The fourth-order valence-electron chi connectivity index (χ4n) is 2.03. The summed E-state index contributed by atoms with van der Waals surface area (Å²) in [4.78, 5) is 23.4. The van der Waals surface area contributed by atoms with Crippen molar-refractivity contribution in [3.63, 3.8) is 0 Å². The van der Waals surface area contributed by atoms with Crippen molar-refractivity contribution < 1.29 is 14.3 Å². The van der Waals surface area contributed by atoms with Gasteiger partial charge in [0.05, 0.1) is 12.7 Å². The van der Waals surface area contributed by atoms with E-state index in [9.17, 15) is 9.59 Å². The smallest absolute Gasteiger partial charge is 0.338 e. The van der Waals surface area contributed by atoms with E-state index in [-0.39, 0.29) is 5.78 Å². The van der Waals surface area contributed by atoms with Gasteiger partial charge >= 0.3 is 5.97 Å². The average molecular weight is 268 g/mol. The second-order valence-corrected chi connectivity index (χ2v) is 4.67. The average Bonchev–Trinajstić information content (AvgIpc) is 2.46. The lowest BCUT2D eigenvalue weighted by molar-refractivity contribution is 0.0601. The normalized spacial score (nSPS) is 10.2. The summed E-state index contributed by atoms with van der Waals surface area (Å²) < 4.78 is 4.81. The zero-order chi connectivity index (χ0) is 14.7. The third-order valence-electron chi connectivity index (χ3n) is 3.19. The highest BCUT2D eigenvalue weighted by molar-refractivity contribution is 6.02. The summed E-state index contributed by atoms with van der Waals surface area (Å²) in [7, 11) is 1.34. The Morgan fingerprint density at radius 1 is 1.00 bits per heavy atom. The van der Waals surface area contributed by atoms with Crippen molar-refractivity contribution in [1.82, 2.24) is 0 Å². The number of carbonyl (C=O) groups excluding carboxylic acids is 2. The summed E-state index contributed by atoms with van der Waals surface area (Å²) in [5.41, 5.74) is 3.74. The van der Waals surface area contributed by atoms with Gasteiger partial charge in [-0.05, 0) is 31.0 Å². The minimum Gasteiger partial charge on any atom is -0.465 e. The molecule has 0 amide bonds. The molecule has 0 spiro atoms. The highest BCUT2D eigenvalue weighted by Gasteiger charge is 2.15. The zero-order valence-corrected chi connectivity index (χ0v) is 11.8. The Morgan fingerprint density at radius 3 is 2.20 bits per heavy atom. The maximum atomic E-state index is 11.9. The van der Waals surface area contributed by atoms with Gasteiger partial charge < -0.3 is 4.74 Å². The Balaban J connectivity index is 2.59. The highest BCUT2D eigenvalue weighted by Crippen LogP contribution is 2.26. The molecule has 0 unspecified atom stereocenters. The van der Waals surface area contributed by atoms with E-state index in [2.05, 4.69) is 0 Å². The molecule has 102 valence electrons. The van der Waals surface area contributed by atoms with Crippen LogP contribution in [0.25, 0.3) is 11.1 Å². The first kappa shape index (κ1) is 14.0. The molecule has 0 saturated heterocycles. The maximum absolute atomic E-state index is 11.9. The molecule has 0 N–H and O–H groups in total. The second-order valence-electron chi connectivity index (χ2n) is 4.67. The summed E-state index contributed by atoms with van der Waals surface area (Å²) in [5.74, 6) is -0.519. The molecule has 0 aromatic heterocycles. The van der Waals surface area contributed by atoms with Crippen LogP contribution in [0.3, 0.4) is 0 Å². The van der Waals surface area contributed by atoms with Gasteiger partial charge in [0.2, 0.25) is 0 Å². The molecular weight excluding hydrogens is 252 g/mol. The fourth-order valence-corrected chi connectivity index (χ4v) is 2.03. The molecule has 0 aliphatic heterocycles. The van der Waals surface area contributed by atoms with Gasteiger partial charge in [0.15, 0.2) is 5.78 Å². The van der Waals surface area contributed by atoms with Crippen molar-refractivity contribution in [2.75, 3.05) is 7.11 Å². The molecule has 0 saturated carbocycles. The Morgan fingerprint density at radius 2 is 1.65 bits per heavy atom. The van der Waals surface area contributed by atoms with Gasteiger partial charge in [-0.1, -0.05) is 42.0 Å². The van der Waals surface area contributed by atoms with Gasteiger partial charge in [-0.25, -0.2) is 4.79 Å². The van der Waals surface area contributed by atoms with Gasteiger partial charge in [-0.15, -0.1) is 0 Å². The third-order valence-corrected chi connectivity index (χ3v) is 3.19. The van der Waals surface area contributed by atoms with Crippen LogP contribution in [0.4, 0.5) is 0 Å². The number of aryl methyl sites for hydroxylation is 1. The van der Waals surface area contributed by atoms with Gasteiger partial charge in [0.1, 0.15) is 0 Å². The topological polar surface area (TPSA) is 43.4 Å². The summed E-state index contributed by atoms with van der Waals surface area (Å²) >= 11 is 0. The molecule has 0 bridgehead atoms. The summed E-state index contributed by atoms with van der Waals surface area (Å²) in [5, 5.41) is 0. The number of methoxy groups -OCH3 is 1. The van der Waals surface area contributed by atoms with Crippen LogP contribution in [0.1, 0.15) is 33.2 Å². The minimum absolute atomic E-state index is 0.0781. The molecule has 0 heterocycles. The Bertz CT molecular complexity index is 654. The number of carbonyl (C=O) groups is 2. The number of rotatable bonds is 3. The molecule has 0 radical (unpaired) electrons. The van der Waals surface area contributed by atoms with Crippen LogP contribution in [0.2, 0.25) is 0 Å². The third kappa shape index (κ3) is 2.77. The van der Waals surface area contributed by atoms with E-state index in [0.29, 0.717) is 11.1 Å². The minimum atomic E-state index is -0.441. The number of hydrogen-bond donors (Lipinski definition) is 0. The molecule has 2 aromatic rings. The van der Waals surface area contributed by atoms with E-state index >= 15 is 0 Å². The molecule has 20 heavy (non-hydrogen) atoms. The molecule has 3 heteroatoms. The first-order valence-corrected chi connectivity index (χ1v) is 6.33. The Kier molecular flexibility index (Phi) is 3.99. The molecule has 3 nitrogen and oxygen atoms in total. The highest BCUT2D eigenvalue weighted by atomic mass is 16.5. The molecule has 0 atom stereocenters. The predicted molar refractivity (Wildman–Crippen MR) is 78.0 cm³/mol. The van der Waals surface area contributed by atoms with Crippen LogP contribution in [0.5, 0.6) is 0 Å². The number of ketones is 1. The zero-order valence-electron chi connectivity index (χ0n) is 11.8. The number of benzene rings is 2. The largest absolute Gasteiger partial charge is 0.465 e. The van der Waals surface area contributed by atoms with Crippen molar-refractivity contribution in [2.24, 2.45) is 0 Å². The molecule has 0 fully saturated rings. The summed E-state index contributed by atoms with van der Waals surface area (Å²) in [6.07, 6.45) is 0. The standard InChI is InChI=1S/C17H16O3/c1-11-4-6-13(7-5-11)15-9-8-14(12(2)18)10-16(15)17(19)20-3/h4-10H,1-3H3. The number of hydrogen-bond acceptors (Lipinski definition) is 3. The van der Waals surface area contributed by atoms with Crippen LogP contribution < -0.4 is 0 Å². The van der Waals surface area contributed by atoms with Crippen molar-refractivity contribution in [2.45, 2.75) is 13.8 Å². The van der Waals surface area contributed by atoms with E-state index in [4.69, 9.17) is 4.74 Å². The van der Waals surface area contributed by atoms with E-state index in [0.717, 1.165) is 16.7 Å². The second kappa shape index (κ2) is 5.70. The van der Waals surface area contributed by atoms with Crippen LogP contribution in [0, 0.1) is 6.92 Å². The van der Waals surface area contributed by atoms with Crippen molar-refractivity contribution >= 4 is 11.8 Å². The molecule has 2 rings (SSSR count). The number of esters is 1. The first-order valence-electron chi connectivity index (χ1n) is 6.33. The summed E-state index contributed by atoms with van der Waals surface area (Å²) in [6.45, 7) is 3.48. The lowest BCUT2D eigenvalue weighted by Crippen LogP contribution is -2.06. The van der Waals surface area contributed by atoms with Crippen LogP contribution in [-0.2, 0) is 4.74 Å². The van der Waals surface area contributed by atoms with E-state index in [1.54, 1.807) is 18.2 Å². The Labute approximate surface area is 118 Å². The maximum Gasteiger partial charge on any atom is 0.338 e. The van der Waals surface area contributed by atoms with Gasteiger partial charge in [0, 0.05) is 5.56 Å². The number of Topliss-reactive ketones (excluding diaryl/α,β-unsaturated/α-hetero) is 1. The van der Waals surface area contributed by atoms with Crippen molar-refractivity contribution in [3.8, 4) is 11.1 Å². The molecule has 2 aromatic carbocycles. The van der Waals surface area contributed by atoms with Crippen LogP contribution >= 0.6 is 0 Å². The van der Waals surface area contributed by atoms with Gasteiger partial charge in [0.25, 0.3) is 0 Å². The molecule has 0 aliphatic rings. The molecule has 0 aliphatic carbocycles. The molecular formula is C17H16O3. The predicted octanol–water partition coefficient (Wildman–Crippen LogP) is 3.65. The fraction of sp³-hybridized carbons (Fsp3) is 0.176. The van der Waals surface area contributed by atoms with E-state index in [1.165, 1.54) is 14.0 Å². The summed E-state index contributed by atoms with van der Waals surface area (Å²) in [6, 6.07) is 13.0. The van der Waals surface area contributed by atoms with E-state index in [1.807, 2.05) is 31.2 Å². The van der Waals surface area contributed by atoms with Crippen molar-refractivity contribution in [1.29, 1.82) is 0 Å². The van der Waals surface area contributed by atoms with Crippen LogP contribution in [-0.4, -0.2) is 18.9 Å². The van der Waals surface area contributed by atoms with Gasteiger partial charge in [-0.2, -0.15) is 0 Å². The lowest BCUT2D eigenvalue weighted by Gasteiger charge is -2.10. The monoisotopic (exact) mass is 268 g/mol. The van der Waals surface area contributed by atoms with E-state index < -0.39 is 5.97 Å². The van der Waals surface area contributed by atoms with Crippen LogP contribution in [0.15, 0.2) is 42.5 Å². The quantitative estimate of drug-likeness (QED) is 0.630. The SMILES string of the molecule is COC(=O)c1cc(C(C)=O)ccc1-c1ccc(C)cc1. The van der Waals surface area contributed by atoms with Crippen molar-refractivity contribution in [3.05, 3.63) is 59.2 Å². The van der Waals surface area contributed by atoms with Gasteiger partial charge in [-0.3, -0.25) is 4.79 Å². The number of ether oxygens (including phenoxy) is 1. The Hall–Kier alpha value is -2.42. The first-order chi connectivity index (χ1) is 9.52.